The van der Waals surface area contributed by atoms with Gasteiger partial charge in [0.1, 0.15) is 23.8 Å². The Morgan fingerprint density at radius 3 is 2.44 bits per heavy atom. The molecule has 2 aromatic rings. The van der Waals surface area contributed by atoms with Crippen LogP contribution in [0.15, 0.2) is 54.2 Å². The number of nitrogens with one attached hydrogen (secondary N) is 2. The van der Waals surface area contributed by atoms with Gasteiger partial charge >= 0.3 is 6.03 Å². The van der Waals surface area contributed by atoms with Gasteiger partial charge in [-0.1, -0.05) is 12.1 Å². The van der Waals surface area contributed by atoms with Gasteiger partial charge in [0.15, 0.2) is 0 Å². The zero-order chi connectivity index (χ0) is 19.4. The highest BCUT2D eigenvalue weighted by Crippen LogP contribution is 2.17. The van der Waals surface area contributed by atoms with Crippen LogP contribution in [-0.2, 0) is 9.59 Å². The Kier molecular flexibility index (Phi) is 5.16. The molecule has 1 fully saturated rings. The van der Waals surface area contributed by atoms with E-state index in [9.17, 15) is 18.8 Å². The molecule has 0 aliphatic carbocycles. The van der Waals surface area contributed by atoms with Crippen molar-refractivity contribution in [3.63, 3.8) is 0 Å². The first-order valence-electron chi connectivity index (χ1n) is 8.00. The fourth-order valence-corrected chi connectivity index (χ4v) is 2.46. The van der Waals surface area contributed by atoms with Crippen LogP contribution in [0.2, 0.25) is 0 Å². The summed E-state index contributed by atoms with van der Waals surface area (Å²) in [6.07, 6.45) is 1.51. The minimum Gasteiger partial charge on any atom is -0.497 e. The minimum absolute atomic E-state index is 0.0692. The molecule has 0 unspecified atom stereocenters. The van der Waals surface area contributed by atoms with E-state index < -0.39 is 30.2 Å². The quantitative estimate of drug-likeness (QED) is 0.626. The number of nitrogens with zero attached hydrogens (tertiary/aromatic N) is 1. The van der Waals surface area contributed by atoms with Crippen LogP contribution in [0.4, 0.5) is 14.9 Å². The maximum absolute atomic E-state index is 12.9. The molecular weight excluding hydrogens is 353 g/mol. The van der Waals surface area contributed by atoms with Crippen molar-refractivity contribution in [3.8, 4) is 5.75 Å². The highest BCUT2D eigenvalue weighted by molar-refractivity contribution is 6.15. The Morgan fingerprint density at radius 2 is 1.81 bits per heavy atom. The predicted octanol–water partition coefficient (Wildman–Crippen LogP) is 2.37. The molecule has 0 bridgehead atoms. The van der Waals surface area contributed by atoms with Crippen molar-refractivity contribution in [3.05, 3.63) is 65.6 Å². The molecular formula is C19H16FN3O4. The van der Waals surface area contributed by atoms with Crippen molar-refractivity contribution in [2.24, 2.45) is 0 Å². The fourth-order valence-electron chi connectivity index (χ4n) is 2.46. The number of ether oxygens (including phenoxy) is 1. The molecule has 3 rings (SSSR count). The van der Waals surface area contributed by atoms with E-state index in [2.05, 4.69) is 10.6 Å². The van der Waals surface area contributed by atoms with E-state index in [0.29, 0.717) is 17.0 Å². The summed E-state index contributed by atoms with van der Waals surface area (Å²) in [5.41, 5.74) is 1.12. The molecule has 0 atom stereocenters. The van der Waals surface area contributed by atoms with Crippen LogP contribution in [0, 0.1) is 5.82 Å². The largest absolute Gasteiger partial charge is 0.497 e. The summed E-state index contributed by atoms with van der Waals surface area (Å²) in [6, 6.07) is 11.4. The van der Waals surface area contributed by atoms with Crippen molar-refractivity contribution in [1.29, 1.82) is 0 Å². The van der Waals surface area contributed by atoms with Crippen molar-refractivity contribution in [2.45, 2.75) is 0 Å². The zero-order valence-electron chi connectivity index (χ0n) is 14.4. The summed E-state index contributed by atoms with van der Waals surface area (Å²) in [6.45, 7) is -0.456. The molecule has 1 heterocycles. The molecule has 27 heavy (non-hydrogen) atoms. The monoisotopic (exact) mass is 369 g/mol. The summed E-state index contributed by atoms with van der Waals surface area (Å²) in [5, 5.41) is 4.95. The predicted molar refractivity (Wildman–Crippen MR) is 96.2 cm³/mol. The molecule has 0 radical (unpaired) electrons. The Hall–Kier alpha value is -3.68. The summed E-state index contributed by atoms with van der Waals surface area (Å²) in [5.74, 6) is -0.950. The van der Waals surface area contributed by atoms with Gasteiger partial charge in [-0.25, -0.2) is 14.1 Å². The zero-order valence-corrected chi connectivity index (χ0v) is 14.4. The van der Waals surface area contributed by atoms with Gasteiger partial charge in [0, 0.05) is 5.69 Å². The lowest BCUT2D eigenvalue weighted by Gasteiger charge is -2.11. The minimum atomic E-state index is -0.686. The molecule has 1 saturated heterocycles. The number of imide groups is 1. The molecule has 2 N–H and O–H groups in total. The molecule has 0 aromatic heterocycles. The standard InChI is InChI=1S/C19H16FN3O4/c1-27-15-8-2-12(3-9-15)10-16-18(25)23(19(26)22-16)11-17(24)21-14-6-4-13(20)5-7-14/h2-10H,11H2,1H3,(H,21,24)(H,22,26)/b16-10-. The third-order valence-corrected chi connectivity index (χ3v) is 3.82. The number of urea groups is 1. The molecule has 8 heteroatoms. The molecule has 7 nitrogen and oxygen atoms in total. The highest BCUT2D eigenvalue weighted by atomic mass is 19.1. The number of hydrogen-bond acceptors (Lipinski definition) is 4. The third-order valence-electron chi connectivity index (χ3n) is 3.82. The molecule has 2 aromatic carbocycles. The maximum atomic E-state index is 12.9. The lowest BCUT2D eigenvalue weighted by Crippen LogP contribution is -2.38. The van der Waals surface area contributed by atoms with E-state index in [0.717, 1.165) is 4.90 Å². The van der Waals surface area contributed by atoms with E-state index in [1.54, 1.807) is 31.4 Å². The molecule has 0 spiro atoms. The van der Waals surface area contributed by atoms with E-state index in [-0.39, 0.29) is 5.70 Å². The number of benzene rings is 2. The van der Waals surface area contributed by atoms with Crippen LogP contribution in [0.25, 0.3) is 6.08 Å². The van der Waals surface area contributed by atoms with Crippen LogP contribution < -0.4 is 15.4 Å². The molecule has 4 amide bonds. The van der Waals surface area contributed by atoms with Crippen LogP contribution in [0.3, 0.4) is 0 Å². The summed E-state index contributed by atoms with van der Waals surface area (Å²) >= 11 is 0. The Balaban J connectivity index is 1.67. The third kappa shape index (κ3) is 4.30. The maximum Gasteiger partial charge on any atom is 0.329 e. The van der Waals surface area contributed by atoms with Gasteiger partial charge in [0.25, 0.3) is 5.91 Å². The molecule has 1 aliphatic rings. The van der Waals surface area contributed by atoms with Gasteiger partial charge in [-0.2, -0.15) is 0 Å². The topological polar surface area (TPSA) is 87.7 Å². The average molecular weight is 369 g/mol. The summed E-state index contributed by atoms with van der Waals surface area (Å²) in [4.78, 5) is 37.3. The Labute approximate surface area is 154 Å². The van der Waals surface area contributed by atoms with E-state index >= 15 is 0 Å². The normalized spacial score (nSPS) is 15.0. The molecule has 138 valence electrons. The summed E-state index contributed by atoms with van der Waals surface area (Å²) in [7, 11) is 1.54. The lowest BCUT2D eigenvalue weighted by molar-refractivity contribution is -0.127. The van der Waals surface area contributed by atoms with Gasteiger partial charge in [-0.15, -0.1) is 0 Å². The lowest BCUT2D eigenvalue weighted by atomic mass is 10.2. The van der Waals surface area contributed by atoms with Crippen LogP contribution in [0.1, 0.15) is 5.56 Å². The second-order valence-corrected chi connectivity index (χ2v) is 5.71. The SMILES string of the molecule is COc1ccc(/C=C2\NC(=O)N(CC(=O)Nc3ccc(F)cc3)C2=O)cc1. The van der Waals surface area contributed by atoms with Gasteiger partial charge < -0.3 is 15.4 Å². The van der Waals surface area contributed by atoms with E-state index in [1.165, 1.54) is 30.3 Å². The Morgan fingerprint density at radius 1 is 1.15 bits per heavy atom. The number of hydrogen-bond donors (Lipinski definition) is 2. The van der Waals surface area contributed by atoms with Crippen molar-refractivity contribution >= 4 is 29.6 Å². The van der Waals surface area contributed by atoms with E-state index in [4.69, 9.17) is 4.74 Å². The van der Waals surface area contributed by atoms with Gasteiger partial charge in [-0.3, -0.25) is 9.59 Å². The van der Waals surface area contributed by atoms with Crippen molar-refractivity contribution < 1.29 is 23.5 Å². The highest BCUT2D eigenvalue weighted by Gasteiger charge is 2.34. The number of rotatable bonds is 5. The number of carbonyl (C=O) groups excluding carboxylic acids is 3. The Bertz CT molecular complexity index is 908. The first-order valence-corrected chi connectivity index (χ1v) is 8.00. The number of anilines is 1. The number of halogens is 1. The first-order chi connectivity index (χ1) is 13.0. The van der Waals surface area contributed by atoms with Gasteiger partial charge in [0.05, 0.1) is 7.11 Å². The van der Waals surface area contributed by atoms with E-state index in [1.807, 2.05) is 0 Å². The van der Waals surface area contributed by atoms with Crippen LogP contribution in [-0.4, -0.2) is 36.4 Å². The van der Waals surface area contributed by atoms with Gasteiger partial charge in [-0.05, 0) is 48.0 Å². The van der Waals surface area contributed by atoms with Crippen LogP contribution >= 0.6 is 0 Å². The number of methoxy groups -OCH3 is 1. The number of amides is 4. The fraction of sp³-hybridized carbons (Fsp3) is 0.105. The van der Waals surface area contributed by atoms with Gasteiger partial charge in [0.2, 0.25) is 5.91 Å². The van der Waals surface area contributed by atoms with Crippen LogP contribution in [0.5, 0.6) is 5.75 Å². The molecule has 0 saturated carbocycles. The van der Waals surface area contributed by atoms with Crippen molar-refractivity contribution in [1.82, 2.24) is 10.2 Å². The average Bonchev–Trinajstić information content (AvgIpc) is 2.91. The summed E-state index contributed by atoms with van der Waals surface area (Å²) < 4.78 is 17.9. The van der Waals surface area contributed by atoms with Crippen molar-refractivity contribution in [2.75, 3.05) is 19.0 Å². The number of carbonyl (C=O) groups is 3. The second kappa shape index (κ2) is 7.69. The second-order valence-electron chi connectivity index (χ2n) is 5.71. The smallest absolute Gasteiger partial charge is 0.329 e. The molecule has 1 aliphatic heterocycles. The first kappa shape index (κ1) is 18.1.